The molecule has 2 atom stereocenters. The van der Waals surface area contributed by atoms with Crippen molar-refractivity contribution < 1.29 is 14.3 Å². The Hall–Kier alpha value is -1.46. The highest BCUT2D eigenvalue weighted by molar-refractivity contribution is 5.94. The van der Waals surface area contributed by atoms with Crippen LogP contribution in [0, 0.1) is 5.82 Å². The molecule has 1 aromatic rings. The minimum atomic E-state index is -0.551. The molecular weight excluding hydrogens is 223 g/mol. The molecule has 0 radical (unpaired) electrons. The van der Waals surface area contributed by atoms with Crippen LogP contribution in [0.1, 0.15) is 10.4 Å². The van der Waals surface area contributed by atoms with E-state index < -0.39 is 6.10 Å². The van der Waals surface area contributed by atoms with Crippen molar-refractivity contribution in [1.82, 2.24) is 10.2 Å². The Bertz CT molecular complexity index is 407. The van der Waals surface area contributed by atoms with E-state index in [2.05, 4.69) is 5.32 Å². The van der Waals surface area contributed by atoms with Gasteiger partial charge in [-0.25, -0.2) is 4.39 Å². The number of nitrogens with one attached hydrogen (secondary N) is 1. The summed E-state index contributed by atoms with van der Waals surface area (Å²) in [5.41, 5.74) is 0.424. The molecule has 92 valence electrons. The lowest BCUT2D eigenvalue weighted by molar-refractivity contribution is 0.0581. The molecule has 1 amide bonds. The first-order valence-electron chi connectivity index (χ1n) is 5.51. The van der Waals surface area contributed by atoms with Gasteiger partial charge in [-0.1, -0.05) is 0 Å². The summed E-state index contributed by atoms with van der Waals surface area (Å²) in [6.07, 6.45) is -0.551. The number of rotatable bonds is 2. The van der Waals surface area contributed by atoms with Crippen LogP contribution < -0.4 is 5.32 Å². The van der Waals surface area contributed by atoms with E-state index in [0.29, 0.717) is 18.7 Å². The van der Waals surface area contributed by atoms with Crippen LogP contribution in [0.25, 0.3) is 0 Å². The molecule has 0 unspecified atom stereocenters. The van der Waals surface area contributed by atoms with Gasteiger partial charge in [-0.15, -0.1) is 0 Å². The molecular formula is C12H15FN2O2. The van der Waals surface area contributed by atoms with Crippen molar-refractivity contribution in [1.29, 1.82) is 0 Å². The Kier molecular flexibility index (Phi) is 3.40. The molecule has 1 aliphatic rings. The largest absolute Gasteiger partial charge is 0.390 e. The highest BCUT2D eigenvalue weighted by atomic mass is 19.1. The SMILES string of the molecule is CN(C(=O)c1ccc(F)cc1)[C@H]1CNC[C@@H]1O. The second-order valence-corrected chi connectivity index (χ2v) is 4.22. The fourth-order valence-electron chi connectivity index (χ4n) is 1.99. The predicted molar refractivity (Wildman–Crippen MR) is 61.2 cm³/mol. The van der Waals surface area contributed by atoms with Crippen LogP contribution in [0.4, 0.5) is 4.39 Å². The summed E-state index contributed by atoms with van der Waals surface area (Å²) in [6, 6.07) is 5.17. The van der Waals surface area contributed by atoms with Crippen molar-refractivity contribution in [3.05, 3.63) is 35.6 Å². The molecule has 0 saturated carbocycles. The van der Waals surface area contributed by atoms with Crippen LogP contribution in [0.3, 0.4) is 0 Å². The number of carbonyl (C=O) groups is 1. The number of benzene rings is 1. The average molecular weight is 238 g/mol. The highest BCUT2D eigenvalue weighted by Crippen LogP contribution is 2.12. The number of halogens is 1. The standard InChI is InChI=1S/C12H15FN2O2/c1-15(10-6-14-7-11(10)16)12(17)8-2-4-9(13)5-3-8/h2-5,10-11,14,16H,6-7H2,1H3/t10-,11-/m0/s1. The van der Waals surface area contributed by atoms with Gasteiger partial charge in [0.1, 0.15) is 5.82 Å². The van der Waals surface area contributed by atoms with E-state index >= 15 is 0 Å². The minimum Gasteiger partial charge on any atom is -0.390 e. The van der Waals surface area contributed by atoms with Crippen molar-refractivity contribution in [3.8, 4) is 0 Å². The summed E-state index contributed by atoms with van der Waals surface area (Å²) in [6.45, 7) is 1.07. The Balaban J connectivity index is 2.11. The average Bonchev–Trinajstić information content (AvgIpc) is 2.74. The third kappa shape index (κ3) is 2.45. The molecule has 4 nitrogen and oxygen atoms in total. The maximum Gasteiger partial charge on any atom is 0.253 e. The molecule has 2 rings (SSSR count). The van der Waals surface area contributed by atoms with Gasteiger partial charge in [-0.2, -0.15) is 0 Å². The predicted octanol–water partition coefficient (Wildman–Crippen LogP) is 0.230. The number of nitrogens with zero attached hydrogens (tertiary/aromatic N) is 1. The van der Waals surface area contributed by atoms with Gasteiger partial charge in [0.15, 0.2) is 0 Å². The van der Waals surface area contributed by atoms with E-state index in [-0.39, 0.29) is 17.8 Å². The molecule has 2 N–H and O–H groups in total. The number of amides is 1. The molecule has 17 heavy (non-hydrogen) atoms. The van der Waals surface area contributed by atoms with Crippen LogP contribution in [-0.4, -0.2) is 48.2 Å². The molecule has 0 spiro atoms. The van der Waals surface area contributed by atoms with Gasteiger partial charge >= 0.3 is 0 Å². The molecule has 0 aliphatic carbocycles. The smallest absolute Gasteiger partial charge is 0.253 e. The van der Waals surface area contributed by atoms with Gasteiger partial charge in [-0.05, 0) is 24.3 Å². The van der Waals surface area contributed by atoms with Crippen molar-refractivity contribution in [3.63, 3.8) is 0 Å². The number of carbonyl (C=O) groups excluding carboxylic acids is 1. The van der Waals surface area contributed by atoms with Gasteiger partial charge < -0.3 is 15.3 Å². The summed E-state index contributed by atoms with van der Waals surface area (Å²) >= 11 is 0. The van der Waals surface area contributed by atoms with E-state index in [0.717, 1.165) is 0 Å². The van der Waals surface area contributed by atoms with E-state index in [4.69, 9.17) is 0 Å². The second kappa shape index (κ2) is 4.81. The van der Waals surface area contributed by atoms with Gasteiger partial charge in [0, 0.05) is 25.7 Å². The molecule has 0 bridgehead atoms. The van der Waals surface area contributed by atoms with Crippen LogP contribution in [0.15, 0.2) is 24.3 Å². The maximum absolute atomic E-state index is 12.7. The zero-order valence-corrected chi connectivity index (χ0v) is 9.56. The number of hydrogen-bond acceptors (Lipinski definition) is 3. The normalized spacial score (nSPS) is 23.7. The summed E-state index contributed by atoms with van der Waals surface area (Å²) < 4.78 is 12.7. The van der Waals surface area contributed by atoms with Gasteiger partial charge in [0.05, 0.1) is 12.1 Å². The topological polar surface area (TPSA) is 52.6 Å². The zero-order valence-electron chi connectivity index (χ0n) is 9.56. The van der Waals surface area contributed by atoms with E-state index in [9.17, 15) is 14.3 Å². The third-order valence-corrected chi connectivity index (χ3v) is 3.06. The molecule has 1 fully saturated rings. The molecule has 5 heteroatoms. The van der Waals surface area contributed by atoms with Crippen LogP contribution in [-0.2, 0) is 0 Å². The van der Waals surface area contributed by atoms with Crippen molar-refractivity contribution in [2.75, 3.05) is 20.1 Å². The summed E-state index contributed by atoms with van der Waals surface area (Å²) in [5, 5.41) is 12.7. The molecule has 1 aromatic carbocycles. The summed E-state index contributed by atoms with van der Waals surface area (Å²) in [4.78, 5) is 13.6. The number of aliphatic hydroxyl groups is 1. The Morgan fingerprint density at radius 1 is 1.41 bits per heavy atom. The van der Waals surface area contributed by atoms with Crippen molar-refractivity contribution in [2.24, 2.45) is 0 Å². The van der Waals surface area contributed by atoms with E-state index in [1.165, 1.54) is 29.2 Å². The fourth-order valence-corrected chi connectivity index (χ4v) is 1.99. The Labute approximate surface area is 99.0 Å². The number of aliphatic hydroxyl groups excluding tert-OH is 1. The van der Waals surface area contributed by atoms with Crippen LogP contribution in [0.2, 0.25) is 0 Å². The maximum atomic E-state index is 12.7. The summed E-state index contributed by atoms with van der Waals surface area (Å²) in [7, 11) is 1.65. The first kappa shape index (κ1) is 12.0. The van der Waals surface area contributed by atoms with Crippen molar-refractivity contribution in [2.45, 2.75) is 12.1 Å². The van der Waals surface area contributed by atoms with Gasteiger partial charge in [0.25, 0.3) is 5.91 Å². The van der Waals surface area contributed by atoms with Crippen molar-refractivity contribution >= 4 is 5.91 Å². The lowest BCUT2D eigenvalue weighted by atomic mass is 10.1. The van der Waals surface area contributed by atoms with E-state index in [1.54, 1.807) is 7.05 Å². The van der Waals surface area contributed by atoms with Crippen LogP contribution >= 0.6 is 0 Å². The minimum absolute atomic E-state index is 0.210. The highest BCUT2D eigenvalue weighted by Gasteiger charge is 2.31. The number of β-amino-alcohol motifs (C(OH)–C–C–N with tert-alkyl or cyclic N) is 1. The molecule has 1 aliphatic heterocycles. The lowest BCUT2D eigenvalue weighted by Crippen LogP contribution is -2.44. The molecule has 0 aromatic heterocycles. The molecule has 1 saturated heterocycles. The Morgan fingerprint density at radius 2 is 2.06 bits per heavy atom. The van der Waals surface area contributed by atoms with Gasteiger partial charge in [-0.3, -0.25) is 4.79 Å². The monoisotopic (exact) mass is 238 g/mol. The van der Waals surface area contributed by atoms with E-state index in [1.807, 2.05) is 0 Å². The Morgan fingerprint density at radius 3 is 2.59 bits per heavy atom. The zero-order chi connectivity index (χ0) is 12.4. The van der Waals surface area contributed by atoms with Crippen LogP contribution in [0.5, 0.6) is 0 Å². The molecule has 1 heterocycles. The van der Waals surface area contributed by atoms with Gasteiger partial charge in [0.2, 0.25) is 0 Å². The second-order valence-electron chi connectivity index (χ2n) is 4.22. The summed E-state index contributed by atoms with van der Waals surface area (Å²) in [5.74, 6) is -0.579. The fraction of sp³-hybridized carbons (Fsp3) is 0.417. The number of likely N-dealkylation sites (N-methyl/N-ethyl adjacent to an activating group) is 1. The third-order valence-electron chi connectivity index (χ3n) is 3.06. The lowest BCUT2D eigenvalue weighted by Gasteiger charge is -2.26. The number of hydrogen-bond donors (Lipinski definition) is 2. The first-order chi connectivity index (χ1) is 8.09. The quantitative estimate of drug-likeness (QED) is 0.775. The first-order valence-corrected chi connectivity index (χ1v) is 5.51.